The zero-order valence-corrected chi connectivity index (χ0v) is 36.2. The van der Waals surface area contributed by atoms with Gasteiger partial charge in [0.1, 0.15) is 61.0 Å². The molecule has 3 saturated carbocycles. The number of rotatable bonds is 7. The van der Waals surface area contributed by atoms with Crippen LogP contribution in [0.2, 0.25) is 0 Å². The van der Waals surface area contributed by atoms with Gasteiger partial charge in [0.05, 0.1) is 24.9 Å². The Morgan fingerprint density at radius 3 is 1.98 bits per heavy atom. The molecule has 60 heavy (non-hydrogen) atoms. The lowest BCUT2D eigenvalue weighted by Gasteiger charge is -2.58. The van der Waals surface area contributed by atoms with E-state index >= 15 is 0 Å². The van der Waals surface area contributed by atoms with Crippen molar-refractivity contribution >= 4 is 0 Å². The van der Waals surface area contributed by atoms with Crippen LogP contribution in [-0.2, 0) is 28.4 Å². The Bertz CT molecular complexity index is 1570. The van der Waals surface area contributed by atoms with Gasteiger partial charge in [0, 0.05) is 18.6 Å². The Hall–Kier alpha value is -0.860. The highest BCUT2D eigenvalue weighted by molar-refractivity contribution is 5.27. The summed E-state index contributed by atoms with van der Waals surface area (Å²) in [6, 6.07) is 1.45. The van der Waals surface area contributed by atoms with Crippen molar-refractivity contribution in [2.24, 2.45) is 46.3 Å². The van der Waals surface area contributed by atoms with Crippen LogP contribution < -0.4 is 0 Å². The van der Waals surface area contributed by atoms with Gasteiger partial charge in [-0.2, -0.15) is 0 Å². The van der Waals surface area contributed by atoms with Crippen molar-refractivity contribution in [3.63, 3.8) is 0 Å². The molecule has 5 saturated heterocycles. The molecule has 0 aromatic rings. The van der Waals surface area contributed by atoms with Crippen LogP contribution in [0.5, 0.6) is 0 Å². The van der Waals surface area contributed by atoms with Gasteiger partial charge in [0.2, 0.25) is 0 Å². The molecule has 4 aliphatic carbocycles. The first-order chi connectivity index (χ1) is 28.5. The van der Waals surface area contributed by atoms with Crippen molar-refractivity contribution in [1.82, 2.24) is 4.90 Å². The molecule has 15 nitrogen and oxygen atoms in total. The molecule has 15 heteroatoms. The van der Waals surface area contributed by atoms with Crippen LogP contribution in [0, 0.1) is 46.3 Å². The highest BCUT2D eigenvalue weighted by Gasteiger charge is 2.66. The predicted molar refractivity (Wildman–Crippen MR) is 214 cm³/mol. The first-order valence-corrected chi connectivity index (χ1v) is 23.2. The van der Waals surface area contributed by atoms with Gasteiger partial charge in [-0.15, -0.1) is 0 Å². The van der Waals surface area contributed by atoms with E-state index in [1.54, 1.807) is 0 Å². The van der Waals surface area contributed by atoms with E-state index in [-0.39, 0.29) is 11.5 Å². The smallest absolute Gasteiger partial charge is 0.187 e. The van der Waals surface area contributed by atoms with E-state index in [1.165, 1.54) is 58.1 Å². The zero-order valence-electron chi connectivity index (χ0n) is 36.2. The minimum absolute atomic E-state index is 0.0360. The van der Waals surface area contributed by atoms with Gasteiger partial charge in [0.15, 0.2) is 18.9 Å². The molecule has 26 atom stereocenters. The largest absolute Gasteiger partial charge is 0.394 e. The van der Waals surface area contributed by atoms with Crippen LogP contribution in [0.3, 0.4) is 0 Å². The Labute approximate surface area is 354 Å². The molecule has 8 fully saturated rings. The minimum Gasteiger partial charge on any atom is -0.394 e. The zero-order chi connectivity index (χ0) is 42.7. The summed E-state index contributed by atoms with van der Waals surface area (Å²) < 4.78 is 36.7. The van der Waals surface area contributed by atoms with Crippen molar-refractivity contribution in [1.29, 1.82) is 0 Å². The van der Waals surface area contributed by atoms with Crippen LogP contribution >= 0.6 is 0 Å². The number of ether oxygens (including phenoxy) is 6. The molecular weight excluding hydrogens is 778 g/mol. The molecule has 9 aliphatic rings. The molecule has 0 spiro atoms. The van der Waals surface area contributed by atoms with E-state index in [9.17, 15) is 40.9 Å². The average molecular weight is 852 g/mol. The lowest BCUT2D eigenvalue weighted by atomic mass is 9.47. The van der Waals surface area contributed by atoms with Crippen LogP contribution in [0.1, 0.15) is 99.3 Å². The summed E-state index contributed by atoms with van der Waals surface area (Å²) in [5.74, 6) is 4.26. The third kappa shape index (κ3) is 7.11. The van der Waals surface area contributed by atoms with E-state index in [0.717, 1.165) is 43.1 Å². The number of allylic oxidation sites excluding steroid dienone is 1. The van der Waals surface area contributed by atoms with Gasteiger partial charge < -0.3 is 69.3 Å². The molecule has 0 aromatic carbocycles. The van der Waals surface area contributed by atoms with Crippen molar-refractivity contribution in [2.75, 3.05) is 13.2 Å². The first kappa shape index (κ1) is 44.3. The minimum atomic E-state index is -1.70. The van der Waals surface area contributed by atoms with Crippen molar-refractivity contribution in [3.05, 3.63) is 11.6 Å². The summed E-state index contributed by atoms with van der Waals surface area (Å²) in [7, 11) is 0. The number of piperidine rings is 1. The molecule has 0 aromatic heterocycles. The Morgan fingerprint density at radius 2 is 1.33 bits per heavy atom. The Balaban J connectivity index is 0.927. The van der Waals surface area contributed by atoms with Gasteiger partial charge in [-0.3, -0.25) is 4.90 Å². The lowest BCUT2D eigenvalue weighted by Crippen LogP contribution is -2.66. The highest BCUT2D eigenvalue weighted by atomic mass is 16.8. The lowest BCUT2D eigenvalue weighted by molar-refractivity contribution is -0.388. The summed E-state index contributed by atoms with van der Waals surface area (Å²) in [4.78, 5) is 2.95. The average Bonchev–Trinajstić information content (AvgIpc) is 3.69. The molecule has 5 aliphatic heterocycles. The fraction of sp³-hybridized carbons (Fsp3) is 0.956. The van der Waals surface area contributed by atoms with E-state index in [1.807, 2.05) is 0 Å². The summed E-state index contributed by atoms with van der Waals surface area (Å²) >= 11 is 0. The molecule has 5 heterocycles. The normalized spacial score (nSPS) is 58.1. The number of aliphatic hydroxyl groups is 8. The number of aliphatic hydroxyl groups excluding tert-OH is 8. The summed E-state index contributed by atoms with van der Waals surface area (Å²) in [6.07, 6.45) is -9.14. The highest BCUT2D eigenvalue weighted by Crippen LogP contribution is 2.70. The Morgan fingerprint density at radius 1 is 0.683 bits per heavy atom. The predicted octanol–water partition coefficient (Wildman–Crippen LogP) is 1.18. The van der Waals surface area contributed by atoms with Crippen LogP contribution in [0.25, 0.3) is 0 Å². The van der Waals surface area contributed by atoms with Crippen LogP contribution in [0.15, 0.2) is 11.6 Å². The maximum Gasteiger partial charge on any atom is 0.187 e. The van der Waals surface area contributed by atoms with Gasteiger partial charge in [0.25, 0.3) is 0 Å². The number of nitrogens with zero attached hydrogens (tertiary/aromatic N) is 1. The monoisotopic (exact) mass is 852 g/mol. The van der Waals surface area contributed by atoms with Gasteiger partial charge in [-0.1, -0.05) is 39.3 Å². The van der Waals surface area contributed by atoms with E-state index in [4.69, 9.17) is 28.4 Å². The topological polar surface area (TPSA) is 220 Å². The molecule has 8 N–H and O–H groups in total. The summed E-state index contributed by atoms with van der Waals surface area (Å²) in [5.41, 5.74) is 1.80. The fourth-order valence-electron chi connectivity index (χ4n) is 14.7. The summed E-state index contributed by atoms with van der Waals surface area (Å²) in [6.45, 7) is 13.7. The third-order valence-electron chi connectivity index (χ3n) is 18.0. The first-order valence-electron chi connectivity index (χ1n) is 23.2. The number of fused-ring (bicyclic) bond motifs is 9. The molecule has 0 radical (unpaired) electrons. The fourth-order valence-corrected chi connectivity index (χ4v) is 14.7. The molecule has 9 rings (SSSR count). The molecule has 0 amide bonds. The van der Waals surface area contributed by atoms with Gasteiger partial charge >= 0.3 is 0 Å². The maximum absolute atomic E-state index is 12.0. The Kier molecular flexibility index (Phi) is 12.2. The molecule has 342 valence electrons. The summed E-state index contributed by atoms with van der Waals surface area (Å²) in [5, 5.41) is 85.9. The second-order valence-electron chi connectivity index (χ2n) is 21.2. The second kappa shape index (κ2) is 16.5. The van der Waals surface area contributed by atoms with Crippen LogP contribution in [0.4, 0.5) is 0 Å². The second-order valence-corrected chi connectivity index (χ2v) is 21.2. The molecule has 0 bridgehead atoms. The van der Waals surface area contributed by atoms with Crippen molar-refractivity contribution in [2.45, 2.75) is 210 Å². The number of hydrogen-bond acceptors (Lipinski definition) is 15. The standard InChI is InChI=1S/C45H73NO14/c1-19-7-10-28-20(2)31-29(46(28)17-19)16-27-25-9-8-23-15-24(11-13-44(23,5)26(25)12-14-45(27,31)6)57-43-40(60-42-37(53)35(51)33(49)22(4)56-42)38(54)39(30(18-47)58-43)59-41-36(52)34(50)32(48)21(3)55-41/h8,19-22,24-43,47-54H,7,9-18H2,1-6H3/t19-,20+,21?,22?,24-,25?,26?,27?,28?,29?,30?,31?,32?,33?,34?,35?,36?,37?,38?,39?,40?,41?,42?,43?,44-,45-/m0/s1. The van der Waals surface area contributed by atoms with E-state index < -0.39 is 98.7 Å². The third-order valence-corrected chi connectivity index (χ3v) is 18.0. The van der Waals surface area contributed by atoms with Crippen LogP contribution in [-0.4, -0.2) is 169 Å². The molecule has 21 unspecified atom stereocenters. The quantitative estimate of drug-likeness (QED) is 0.169. The van der Waals surface area contributed by atoms with Gasteiger partial charge in [-0.25, -0.2) is 0 Å². The maximum atomic E-state index is 12.0. The molecular formula is C45H73NO14. The SMILES string of the molecule is CC1OC(OC2C(CO)OC(O[C@H]3CC[C@@]4(C)C(=CCC5C6CC7C([C@H](C)C8CC[C@H](C)CN78)[C@@]6(C)CCC54)C3)C(OC3OC(C)C(O)C(O)C3O)C2O)C(O)C(O)C1O. The van der Waals surface area contributed by atoms with E-state index in [2.05, 4.69) is 38.7 Å². The van der Waals surface area contributed by atoms with E-state index in [0.29, 0.717) is 35.6 Å². The van der Waals surface area contributed by atoms with Gasteiger partial charge in [-0.05, 0) is 118 Å². The van der Waals surface area contributed by atoms with Crippen molar-refractivity contribution in [3.8, 4) is 0 Å². The van der Waals surface area contributed by atoms with Crippen molar-refractivity contribution < 1.29 is 69.3 Å². The number of hydrogen-bond donors (Lipinski definition) is 8.